The molecule has 0 fully saturated rings. The molecule has 0 saturated heterocycles. The molecule has 0 aliphatic rings. The minimum absolute atomic E-state index is 0.0635. The molecule has 2 aromatic rings. The van der Waals surface area contributed by atoms with Gasteiger partial charge in [-0.15, -0.1) is 0 Å². The zero-order valence-corrected chi connectivity index (χ0v) is 13.1. The summed E-state index contributed by atoms with van der Waals surface area (Å²) in [4.78, 5) is 12.2. The van der Waals surface area contributed by atoms with Crippen molar-refractivity contribution in [3.63, 3.8) is 0 Å². The number of Topliss-reactive ketones (excluding diaryl/α,β-unsaturated/α-hetero) is 1. The molecule has 3 heteroatoms. The second kappa shape index (κ2) is 6.43. The lowest BCUT2D eigenvalue weighted by Crippen LogP contribution is -2.01. The smallest absolute Gasteiger partial charge is 0.163 e. The summed E-state index contributed by atoms with van der Waals surface area (Å²) >= 11 is 11.8. The molecule has 2 aromatic carbocycles. The highest BCUT2D eigenvalue weighted by Crippen LogP contribution is 2.21. The van der Waals surface area contributed by atoms with Gasteiger partial charge in [0, 0.05) is 22.0 Å². The Kier molecular flexibility index (Phi) is 4.85. The van der Waals surface area contributed by atoms with Crippen LogP contribution in [0.5, 0.6) is 0 Å². The Bertz CT molecular complexity index is 607. The van der Waals surface area contributed by atoms with Crippen molar-refractivity contribution < 1.29 is 4.79 Å². The molecule has 0 atom stereocenters. The molecule has 104 valence electrons. The van der Waals surface area contributed by atoms with Gasteiger partial charge in [-0.25, -0.2) is 0 Å². The first-order chi connectivity index (χ1) is 9.44. The number of halogens is 2. The van der Waals surface area contributed by atoms with Crippen LogP contribution in [-0.2, 0) is 6.42 Å². The lowest BCUT2D eigenvalue weighted by Gasteiger charge is -2.06. The molecular formula is C17H16Cl2O. The van der Waals surface area contributed by atoms with Crippen molar-refractivity contribution >= 4 is 29.0 Å². The molecule has 0 heterocycles. The van der Waals surface area contributed by atoms with Crippen molar-refractivity contribution in [3.8, 4) is 0 Å². The molecule has 0 radical (unpaired) electrons. The third kappa shape index (κ3) is 4.09. The molecule has 0 saturated carbocycles. The van der Waals surface area contributed by atoms with Crippen LogP contribution in [0.2, 0.25) is 10.0 Å². The van der Waals surface area contributed by atoms with E-state index < -0.39 is 0 Å². The molecule has 0 aliphatic heterocycles. The molecule has 0 amide bonds. The van der Waals surface area contributed by atoms with Crippen LogP contribution in [0.25, 0.3) is 0 Å². The van der Waals surface area contributed by atoms with E-state index in [2.05, 4.69) is 32.0 Å². The predicted octanol–water partition coefficient (Wildman–Crippen LogP) is 5.43. The molecule has 0 aliphatic carbocycles. The fraction of sp³-hybridized carbons (Fsp3) is 0.235. The average Bonchev–Trinajstić information content (AvgIpc) is 2.33. The SMILES string of the molecule is Cc1cc(C)cc(CCC(=O)c2cc(Cl)cc(Cl)c2)c1. The van der Waals surface area contributed by atoms with Crippen LogP contribution >= 0.6 is 23.2 Å². The van der Waals surface area contributed by atoms with E-state index >= 15 is 0 Å². The van der Waals surface area contributed by atoms with Gasteiger partial charge in [0.05, 0.1) is 0 Å². The Morgan fingerprint density at radius 2 is 1.45 bits per heavy atom. The molecule has 0 bridgehead atoms. The third-order valence-corrected chi connectivity index (χ3v) is 3.54. The van der Waals surface area contributed by atoms with Gasteiger partial charge < -0.3 is 0 Å². The van der Waals surface area contributed by atoms with E-state index in [1.165, 1.54) is 16.7 Å². The Morgan fingerprint density at radius 1 is 0.900 bits per heavy atom. The Labute approximate surface area is 129 Å². The van der Waals surface area contributed by atoms with Crippen LogP contribution < -0.4 is 0 Å². The van der Waals surface area contributed by atoms with E-state index in [0.29, 0.717) is 22.0 Å². The zero-order valence-electron chi connectivity index (χ0n) is 11.5. The Morgan fingerprint density at radius 3 is 2.00 bits per heavy atom. The molecule has 2 rings (SSSR count). The van der Waals surface area contributed by atoms with Gasteiger partial charge in [-0.05, 0) is 44.0 Å². The molecule has 0 spiro atoms. The van der Waals surface area contributed by atoms with Crippen molar-refractivity contribution in [1.29, 1.82) is 0 Å². The minimum Gasteiger partial charge on any atom is -0.294 e. The number of benzene rings is 2. The number of ketones is 1. The van der Waals surface area contributed by atoms with Crippen LogP contribution in [0.15, 0.2) is 36.4 Å². The van der Waals surface area contributed by atoms with Gasteiger partial charge in [-0.3, -0.25) is 4.79 Å². The Balaban J connectivity index is 2.08. The average molecular weight is 307 g/mol. The summed E-state index contributed by atoms with van der Waals surface area (Å²) in [7, 11) is 0. The fourth-order valence-electron chi connectivity index (χ4n) is 2.33. The number of hydrogen-bond acceptors (Lipinski definition) is 1. The lowest BCUT2D eigenvalue weighted by molar-refractivity contribution is 0.0983. The number of rotatable bonds is 4. The van der Waals surface area contributed by atoms with Crippen molar-refractivity contribution in [2.75, 3.05) is 0 Å². The van der Waals surface area contributed by atoms with E-state index in [1.54, 1.807) is 18.2 Å². The molecular weight excluding hydrogens is 291 g/mol. The van der Waals surface area contributed by atoms with E-state index in [9.17, 15) is 4.79 Å². The predicted molar refractivity (Wildman–Crippen MR) is 85.0 cm³/mol. The maximum absolute atomic E-state index is 12.2. The normalized spacial score (nSPS) is 10.6. The van der Waals surface area contributed by atoms with Crippen LogP contribution in [0.1, 0.15) is 33.5 Å². The topological polar surface area (TPSA) is 17.1 Å². The maximum Gasteiger partial charge on any atom is 0.163 e. The Hall–Kier alpha value is -1.31. The summed E-state index contributed by atoms with van der Waals surface area (Å²) in [6, 6.07) is 11.3. The fourth-order valence-corrected chi connectivity index (χ4v) is 2.86. The largest absolute Gasteiger partial charge is 0.294 e. The van der Waals surface area contributed by atoms with Crippen LogP contribution in [-0.4, -0.2) is 5.78 Å². The molecule has 1 nitrogen and oxygen atoms in total. The maximum atomic E-state index is 12.2. The highest BCUT2D eigenvalue weighted by molar-refractivity contribution is 6.35. The van der Waals surface area contributed by atoms with Crippen LogP contribution in [0.4, 0.5) is 0 Å². The quantitative estimate of drug-likeness (QED) is 0.689. The second-order valence-corrected chi connectivity index (χ2v) is 5.95. The monoisotopic (exact) mass is 306 g/mol. The number of aryl methyl sites for hydroxylation is 3. The first-order valence-electron chi connectivity index (χ1n) is 6.50. The highest BCUT2D eigenvalue weighted by Gasteiger charge is 2.08. The molecule has 0 N–H and O–H groups in total. The number of carbonyl (C=O) groups excluding carboxylic acids is 1. The summed E-state index contributed by atoms with van der Waals surface area (Å²) in [5.74, 6) is 0.0635. The van der Waals surface area contributed by atoms with E-state index in [-0.39, 0.29) is 5.78 Å². The lowest BCUT2D eigenvalue weighted by atomic mass is 10.00. The van der Waals surface area contributed by atoms with Crippen molar-refractivity contribution in [3.05, 3.63) is 68.7 Å². The van der Waals surface area contributed by atoms with E-state index in [4.69, 9.17) is 23.2 Å². The summed E-state index contributed by atoms with van der Waals surface area (Å²) in [6.07, 6.45) is 1.19. The third-order valence-electron chi connectivity index (χ3n) is 3.11. The number of hydrogen-bond donors (Lipinski definition) is 0. The minimum atomic E-state index is 0.0635. The highest BCUT2D eigenvalue weighted by atomic mass is 35.5. The summed E-state index contributed by atoms with van der Waals surface area (Å²) in [6.45, 7) is 4.13. The van der Waals surface area contributed by atoms with Crippen LogP contribution in [0.3, 0.4) is 0 Å². The summed E-state index contributed by atoms with van der Waals surface area (Å²) < 4.78 is 0. The van der Waals surface area contributed by atoms with E-state index in [1.807, 2.05) is 0 Å². The first kappa shape index (κ1) is 15.1. The van der Waals surface area contributed by atoms with Gasteiger partial charge in [0.2, 0.25) is 0 Å². The molecule has 0 aromatic heterocycles. The van der Waals surface area contributed by atoms with Gasteiger partial charge in [-0.2, -0.15) is 0 Å². The molecule has 0 unspecified atom stereocenters. The van der Waals surface area contributed by atoms with Gasteiger partial charge in [0.15, 0.2) is 5.78 Å². The van der Waals surface area contributed by atoms with Gasteiger partial charge in [0.25, 0.3) is 0 Å². The van der Waals surface area contributed by atoms with Crippen molar-refractivity contribution in [2.24, 2.45) is 0 Å². The van der Waals surface area contributed by atoms with Crippen LogP contribution in [0, 0.1) is 13.8 Å². The van der Waals surface area contributed by atoms with Gasteiger partial charge in [0.1, 0.15) is 0 Å². The van der Waals surface area contributed by atoms with E-state index in [0.717, 1.165) is 6.42 Å². The standard InChI is InChI=1S/C17H16Cl2O/c1-11-5-12(2)7-13(6-11)3-4-17(20)14-8-15(18)10-16(19)9-14/h5-10H,3-4H2,1-2H3. The van der Waals surface area contributed by atoms with Crippen molar-refractivity contribution in [1.82, 2.24) is 0 Å². The van der Waals surface area contributed by atoms with Crippen molar-refractivity contribution in [2.45, 2.75) is 26.7 Å². The van der Waals surface area contributed by atoms with Gasteiger partial charge >= 0.3 is 0 Å². The summed E-state index contributed by atoms with van der Waals surface area (Å²) in [5, 5.41) is 0.986. The second-order valence-electron chi connectivity index (χ2n) is 5.08. The first-order valence-corrected chi connectivity index (χ1v) is 7.26. The zero-order chi connectivity index (χ0) is 14.7. The summed E-state index contributed by atoms with van der Waals surface area (Å²) in [5.41, 5.74) is 4.20. The van der Waals surface area contributed by atoms with Gasteiger partial charge in [-0.1, -0.05) is 52.5 Å². The molecule has 20 heavy (non-hydrogen) atoms. The number of carbonyl (C=O) groups is 1.